The third-order valence-electron chi connectivity index (χ3n) is 3.66. The number of hydrogen-bond acceptors (Lipinski definition) is 1. The number of aromatic carboxylic acids is 1. The molecule has 3 rings (SSSR count). The van der Waals surface area contributed by atoms with Gasteiger partial charge in [0.05, 0.1) is 10.6 Å². The Morgan fingerprint density at radius 3 is 2.33 bits per heavy atom. The second-order valence-electron chi connectivity index (χ2n) is 4.94. The highest BCUT2D eigenvalue weighted by Crippen LogP contribution is 2.35. The molecule has 2 nitrogen and oxygen atoms in total. The van der Waals surface area contributed by atoms with Crippen molar-refractivity contribution in [2.45, 2.75) is 6.92 Å². The van der Waals surface area contributed by atoms with Crippen molar-refractivity contribution >= 4 is 28.3 Å². The number of hydrogen-bond donors (Lipinski definition) is 1. The lowest BCUT2D eigenvalue weighted by Gasteiger charge is -2.12. The minimum Gasteiger partial charge on any atom is -0.478 e. The number of fused-ring (bicyclic) bond motifs is 1. The molecule has 0 bridgehead atoms. The number of carboxylic acids is 1. The zero-order valence-electron chi connectivity index (χ0n) is 11.4. The van der Waals surface area contributed by atoms with Crippen molar-refractivity contribution in [1.29, 1.82) is 0 Å². The Balaban J connectivity index is 2.40. The first-order valence-corrected chi connectivity index (χ1v) is 6.98. The van der Waals surface area contributed by atoms with E-state index in [1.807, 2.05) is 43.3 Å². The Hall–Kier alpha value is -2.32. The van der Waals surface area contributed by atoms with E-state index in [1.165, 1.54) is 0 Å². The van der Waals surface area contributed by atoms with Crippen molar-refractivity contribution in [1.82, 2.24) is 0 Å². The number of carboxylic acid groups (broad SMARTS) is 1. The fourth-order valence-electron chi connectivity index (χ4n) is 2.65. The van der Waals surface area contributed by atoms with Gasteiger partial charge in [-0.2, -0.15) is 0 Å². The molecule has 1 N–H and O–H groups in total. The third kappa shape index (κ3) is 2.28. The van der Waals surface area contributed by atoms with Crippen molar-refractivity contribution in [3.8, 4) is 11.1 Å². The van der Waals surface area contributed by atoms with E-state index in [2.05, 4.69) is 0 Å². The van der Waals surface area contributed by atoms with Crippen LogP contribution in [0.5, 0.6) is 0 Å². The van der Waals surface area contributed by atoms with Gasteiger partial charge in [-0.25, -0.2) is 4.79 Å². The quantitative estimate of drug-likeness (QED) is 0.708. The molecule has 0 aliphatic rings. The van der Waals surface area contributed by atoms with E-state index in [0.717, 1.165) is 21.9 Å². The first kappa shape index (κ1) is 13.7. The SMILES string of the molecule is Cc1ccc(-c2cccc(Cl)c2C(=O)O)c2ccccc12. The minimum atomic E-state index is -1.01. The molecular weight excluding hydrogens is 284 g/mol. The zero-order valence-corrected chi connectivity index (χ0v) is 12.2. The summed E-state index contributed by atoms with van der Waals surface area (Å²) in [6.45, 7) is 2.04. The standard InChI is InChI=1S/C18H13ClO2/c1-11-9-10-14(13-6-3-2-5-12(11)13)15-7-4-8-16(19)17(15)18(20)21/h2-10H,1H3,(H,20,21). The highest BCUT2D eigenvalue weighted by Gasteiger charge is 2.17. The number of carbonyl (C=O) groups is 1. The molecule has 3 aromatic rings. The maximum atomic E-state index is 11.5. The van der Waals surface area contributed by atoms with Crippen LogP contribution in [0.1, 0.15) is 15.9 Å². The molecule has 0 saturated carbocycles. The van der Waals surface area contributed by atoms with Gasteiger partial charge in [-0.3, -0.25) is 0 Å². The molecule has 3 heteroatoms. The van der Waals surface area contributed by atoms with E-state index in [1.54, 1.807) is 18.2 Å². The van der Waals surface area contributed by atoms with E-state index >= 15 is 0 Å². The summed E-state index contributed by atoms with van der Waals surface area (Å²) < 4.78 is 0. The smallest absolute Gasteiger partial charge is 0.337 e. The van der Waals surface area contributed by atoms with Gasteiger partial charge in [-0.05, 0) is 40.5 Å². The van der Waals surface area contributed by atoms with E-state index in [-0.39, 0.29) is 10.6 Å². The number of halogens is 1. The van der Waals surface area contributed by atoms with Gasteiger partial charge in [-0.15, -0.1) is 0 Å². The molecule has 3 aromatic carbocycles. The second-order valence-corrected chi connectivity index (χ2v) is 5.35. The highest BCUT2D eigenvalue weighted by molar-refractivity contribution is 6.34. The van der Waals surface area contributed by atoms with Gasteiger partial charge in [-0.1, -0.05) is 60.1 Å². The summed E-state index contributed by atoms with van der Waals surface area (Å²) in [7, 11) is 0. The zero-order chi connectivity index (χ0) is 15.0. The lowest BCUT2D eigenvalue weighted by molar-refractivity contribution is 0.0698. The summed E-state index contributed by atoms with van der Waals surface area (Å²) in [6.07, 6.45) is 0. The molecule has 0 heterocycles. The Morgan fingerprint density at radius 1 is 0.905 bits per heavy atom. The van der Waals surface area contributed by atoms with Crippen LogP contribution in [-0.4, -0.2) is 11.1 Å². The monoisotopic (exact) mass is 296 g/mol. The van der Waals surface area contributed by atoms with Crippen molar-refractivity contribution < 1.29 is 9.90 Å². The molecule has 0 spiro atoms. The lowest BCUT2D eigenvalue weighted by atomic mass is 9.93. The van der Waals surface area contributed by atoms with Crippen LogP contribution in [0, 0.1) is 6.92 Å². The first-order valence-electron chi connectivity index (χ1n) is 6.60. The van der Waals surface area contributed by atoms with Crippen LogP contribution in [0.25, 0.3) is 21.9 Å². The fourth-order valence-corrected chi connectivity index (χ4v) is 2.91. The van der Waals surface area contributed by atoms with Gasteiger partial charge in [0, 0.05) is 0 Å². The predicted octanol–water partition coefficient (Wildman–Crippen LogP) is 5.17. The number of aryl methyl sites for hydroxylation is 1. The summed E-state index contributed by atoms with van der Waals surface area (Å²) in [6, 6.07) is 17.1. The van der Waals surface area contributed by atoms with Crippen LogP contribution in [-0.2, 0) is 0 Å². The number of benzene rings is 3. The van der Waals surface area contributed by atoms with E-state index < -0.39 is 5.97 Å². The van der Waals surface area contributed by atoms with Crippen molar-refractivity contribution in [3.05, 3.63) is 70.7 Å². The minimum absolute atomic E-state index is 0.146. The molecule has 0 radical (unpaired) electrons. The van der Waals surface area contributed by atoms with E-state index in [0.29, 0.717) is 5.56 Å². The molecule has 0 aliphatic heterocycles. The van der Waals surface area contributed by atoms with Gasteiger partial charge in [0.1, 0.15) is 0 Å². The topological polar surface area (TPSA) is 37.3 Å². The first-order chi connectivity index (χ1) is 10.1. The maximum Gasteiger partial charge on any atom is 0.337 e. The Kier molecular flexibility index (Phi) is 3.40. The second kappa shape index (κ2) is 5.23. The van der Waals surface area contributed by atoms with Crippen LogP contribution in [0.2, 0.25) is 5.02 Å². The van der Waals surface area contributed by atoms with Crippen molar-refractivity contribution in [2.75, 3.05) is 0 Å². The van der Waals surface area contributed by atoms with Gasteiger partial charge >= 0.3 is 5.97 Å². The van der Waals surface area contributed by atoms with Crippen LogP contribution >= 0.6 is 11.6 Å². The highest BCUT2D eigenvalue weighted by atomic mass is 35.5. The molecule has 0 unspecified atom stereocenters. The fraction of sp³-hybridized carbons (Fsp3) is 0.0556. The van der Waals surface area contributed by atoms with Crippen LogP contribution in [0.4, 0.5) is 0 Å². The Bertz CT molecular complexity index is 853. The number of rotatable bonds is 2. The third-order valence-corrected chi connectivity index (χ3v) is 3.97. The largest absolute Gasteiger partial charge is 0.478 e. The van der Waals surface area contributed by atoms with Gasteiger partial charge in [0.25, 0.3) is 0 Å². The van der Waals surface area contributed by atoms with Crippen molar-refractivity contribution in [2.24, 2.45) is 0 Å². The average Bonchev–Trinajstić information content (AvgIpc) is 2.47. The molecule has 0 fully saturated rings. The van der Waals surface area contributed by atoms with Crippen molar-refractivity contribution in [3.63, 3.8) is 0 Å². The summed E-state index contributed by atoms with van der Waals surface area (Å²) in [4.78, 5) is 11.5. The average molecular weight is 297 g/mol. The molecule has 0 saturated heterocycles. The predicted molar refractivity (Wildman–Crippen MR) is 86.1 cm³/mol. The summed E-state index contributed by atoms with van der Waals surface area (Å²) in [5.74, 6) is -1.01. The maximum absolute atomic E-state index is 11.5. The molecule has 21 heavy (non-hydrogen) atoms. The summed E-state index contributed by atoms with van der Waals surface area (Å²) in [5.41, 5.74) is 2.84. The normalized spacial score (nSPS) is 10.8. The molecular formula is C18H13ClO2. The molecule has 0 aliphatic carbocycles. The summed E-state index contributed by atoms with van der Waals surface area (Å²) >= 11 is 6.08. The van der Waals surface area contributed by atoms with Crippen LogP contribution in [0.3, 0.4) is 0 Å². The van der Waals surface area contributed by atoms with Gasteiger partial charge in [0.2, 0.25) is 0 Å². The lowest BCUT2D eigenvalue weighted by Crippen LogP contribution is -2.01. The molecule has 0 atom stereocenters. The Labute approximate surface area is 127 Å². The van der Waals surface area contributed by atoms with E-state index in [4.69, 9.17) is 11.6 Å². The van der Waals surface area contributed by atoms with E-state index in [9.17, 15) is 9.90 Å². The molecule has 0 aromatic heterocycles. The van der Waals surface area contributed by atoms with Gasteiger partial charge < -0.3 is 5.11 Å². The summed E-state index contributed by atoms with van der Waals surface area (Å²) in [5, 5.41) is 11.9. The molecule has 0 amide bonds. The van der Waals surface area contributed by atoms with Crippen LogP contribution < -0.4 is 0 Å². The van der Waals surface area contributed by atoms with Gasteiger partial charge in [0.15, 0.2) is 0 Å². The Morgan fingerprint density at radius 2 is 1.62 bits per heavy atom. The molecule has 104 valence electrons. The van der Waals surface area contributed by atoms with Crippen LogP contribution in [0.15, 0.2) is 54.6 Å².